The number of rotatable bonds is 3. The summed E-state index contributed by atoms with van der Waals surface area (Å²) in [6.07, 6.45) is 7.41. The van der Waals surface area contributed by atoms with E-state index < -0.39 is 0 Å². The predicted molar refractivity (Wildman–Crippen MR) is 103 cm³/mol. The average molecular weight is 351 g/mol. The minimum Gasteiger partial charge on any atom is -0.393 e. The van der Waals surface area contributed by atoms with Gasteiger partial charge in [0.1, 0.15) is 5.84 Å². The molecule has 1 aliphatic heterocycles. The fraction of sp³-hybridized carbons (Fsp3) is 0.650. The van der Waals surface area contributed by atoms with Crippen molar-refractivity contribution in [2.24, 2.45) is 10.9 Å². The molecule has 3 aliphatic rings. The van der Waals surface area contributed by atoms with Crippen molar-refractivity contribution in [3.8, 4) is 0 Å². The van der Waals surface area contributed by atoms with Gasteiger partial charge in [-0.3, -0.25) is 4.99 Å². The van der Waals surface area contributed by atoms with Gasteiger partial charge in [-0.25, -0.2) is 0 Å². The van der Waals surface area contributed by atoms with Crippen LogP contribution in [0.3, 0.4) is 0 Å². The van der Waals surface area contributed by atoms with Gasteiger partial charge in [-0.1, -0.05) is 36.8 Å². The zero-order valence-electron chi connectivity index (χ0n) is 14.9. The summed E-state index contributed by atoms with van der Waals surface area (Å²) in [7, 11) is 2.03. The second-order valence-electron chi connectivity index (χ2n) is 7.44. The van der Waals surface area contributed by atoms with Crippen molar-refractivity contribution in [2.75, 3.05) is 20.1 Å². The summed E-state index contributed by atoms with van der Waals surface area (Å²) in [5.41, 5.74) is 2.26. The Bertz CT molecular complexity index is 546. The molecule has 2 saturated carbocycles. The van der Waals surface area contributed by atoms with Crippen LogP contribution in [0.15, 0.2) is 35.3 Å². The first-order valence-corrected chi connectivity index (χ1v) is 9.10. The first-order valence-electron chi connectivity index (χ1n) is 9.10. The number of amidine groups is 1. The van der Waals surface area contributed by atoms with Gasteiger partial charge < -0.3 is 10.0 Å². The Morgan fingerprint density at radius 1 is 1.29 bits per heavy atom. The lowest BCUT2D eigenvalue weighted by Gasteiger charge is -2.25. The van der Waals surface area contributed by atoms with Crippen LogP contribution >= 0.6 is 12.4 Å². The predicted octanol–water partition coefficient (Wildman–Crippen LogP) is 4.04. The van der Waals surface area contributed by atoms with E-state index in [-0.39, 0.29) is 18.5 Å². The van der Waals surface area contributed by atoms with Gasteiger partial charge in [0, 0.05) is 26.6 Å². The third kappa shape index (κ3) is 4.31. The van der Waals surface area contributed by atoms with E-state index in [1.165, 1.54) is 25.7 Å². The summed E-state index contributed by atoms with van der Waals surface area (Å²) < 4.78 is 0. The highest BCUT2D eigenvalue weighted by atomic mass is 35.5. The van der Waals surface area contributed by atoms with Gasteiger partial charge in [0.25, 0.3) is 0 Å². The summed E-state index contributed by atoms with van der Waals surface area (Å²) in [6.45, 7) is 3.79. The van der Waals surface area contributed by atoms with Gasteiger partial charge in [-0.2, -0.15) is 0 Å². The molecular formula is C20H31ClN2O. The Balaban J connectivity index is 0.000000168. The molecule has 0 spiro atoms. The number of benzene rings is 1. The number of aliphatic imine (C=N–C) groups is 1. The Hall–Kier alpha value is -1.06. The normalized spacial score (nSPS) is 28.7. The highest BCUT2D eigenvalue weighted by Crippen LogP contribution is 2.64. The molecule has 2 fully saturated rings. The van der Waals surface area contributed by atoms with Crippen molar-refractivity contribution in [2.45, 2.75) is 57.0 Å². The number of hydrogen-bond donors (Lipinski definition) is 1. The van der Waals surface area contributed by atoms with E-state index in [2.05, 4.69) is 40.2 Å². The smallest absolute Gasteiger partial charge is 0.101 e. The van der Waals surface area contributed by atoms with Crippen LogP contribution in [-0.4, -0.2) is 42.1 Å². The molecule has 3 atom stereocenters. The van der Waals surface area contributed by atoms with Crippen LogP contribution in [0.2, 0.25) is 0 Å². The van der Waals surface area contributed by atoms with E-state index in [0.717, 1.165) is 31.3 Å². The molecule has 0 saturated heterocycles. The molecule has 1 heterocycles. The topological polar surface area (TPSA) is 35.8 Å². The van der Waals surface area contributed by atoms with Crippen LogP contribution in [0.25, 0.3) is 0 Å². The molecule has 3 unspecified atom stereocenters. The summed E-state index contributed by atoms with van der Waals surface area (Å²) in [6, 6.07) is 11.1. The third-order valence-electron chi connectivity index (χ3n) is 5.62. The van der Waals surface area contributed by atoms with Crippen molar-refractivity contribution < 1.29 is 5.11 Å². The SMILES string of the molecule is CC(O)CC1=NCCCN1C.Cl.c1ccc(C23CCCC2C3)cc1. The van der Waals surface area contributed by atoms with Crippen LogP contribution in [0.4, 0.5) is 0 Å². The number of fused-ring (bicyclic) bond motifs is 1. The first-order chi connectivity index (χ1) is 11.1. The number of halogens is 1. The lowest BCUT2D eigenvalue weighted by atomic mass is 9.94. The molecule has 2 aliphatic carbocycles. The summed E-state index contributed by atoms with van der Waals surface area (Å²) in [5.74, 6) is 2.09. The van der Waals surface area contributed by atoms with Crippen molar-refractivity contribution in [3.63, 3.8) is 0 Å². The lowest BCUT2D eigenvalue weighted by Crippen LogP contribution is -2.33. The molecule has 24 heavy (non-hydrogen) atoms. The van der Waals surface area contributed by atoms with Crippen molar-refractivity contribution in [3.05, 3.63) is 35.9 Å². The molecule has 4 rings (SSSR count). The second-order valence-corrected chi connectivity index (χ2v) is 7.44. The van der Waals surface area contributed by atoms with E-state index >= 15 is 0 Å². The molecule has 134 valence electrons. The minimum atomic E-state index is -0.269. The Morgan fingerprint density at radius 3 is 2.58 bits per heavy atom. The van der Waals surface area contributed by atoms with Gasteiger partial charge in [0.2, 0.25) is 0 Å². The fourth-order valence-electron chi connectivity index (χ4n) is 4.25. The lowest BCUT2D eigenvalue weighted by molar-refractivity contribution is 0.198. The zero-order chi connectivity index (χ0) is 16.3. The first kappa shape index (κ1) is 19.3. The highest BCUT2D eigenvalue weighted by molar-refractivity contribution is 5.85. The summed E-state index contributed by atoms with van der Waals surface area (Å²) >= 11 is 0. The molecule has 0 aromatic heterocycles. The van der Waals surface area contributed by atoms with Crippen LogP contribution in [0.5, 0.6) is 0 Å². The van der Waals surface area contributed by atoms with Gasteiger partial charge in [0.05, 0.1) is 6.10 Å². The van der Waals surface area contributed by atoms with Gasteiger partial charge in [0.15, 0.2) is 0 Å². The Morgan fingerprint density at radius 2 is 2.04 bits per heavy atom. The molecular weight excluding hydrogens is 320 g/mol. The maximum atomic E-state index is 9.11. The van der Waals surface area contributed by atoms with E-state index in [1.54, 1.807) is 12.5 Å². The van der Waals surface area contributed by atoms with Crippen LogP contribution < -0.4 is 0 Å². The van der Waals surface area contributed by atoms with Gasteiger partial charge >= 0.3 is 0 Å². The highest BCUT2D eigenvalue weighted by Gasteiger charge is 2.57. The molecule has 1 N–H and O–H groups in total. The van der Waals surface area contributed by atoms with Crippen molar-refractivity contribution in [1.29, 1.82) is 0 Å². The minimum absolute atomic E-state index is 0. The number of hydrogen-bond acceptors (Lipinski definition) is 3. The second kappa shape index (κ2) is 8.35. The molecule has 3 nitrogen and oxygen atoms in total. The summed E-state index contributed by atoms with van der Waals surface area (Å²) in [5, 5.41) is 9.11. The monoisotopic (exact) mass is 350 g/mol. The van der Waals surface area contributed by atoms with E-state index in [9.17, 15) is 0 Å². The van der Waals surface area contributed by atoms with E-state index in [4.69, 9.17) is 5.11 Å². The maximum absolute atomic E-state index is 9.11. The fourth-order valence-corrected chi connectivity index (χ4v) is 4.25. The quantitative estimate of drug-likeness (QED) is 0.892. The Labute approximate surface area is 152 Å². The third-order valence-corrected chi connectivity index (χ3v) is 5.62. The molecule has 0 bridgehead atoms. The maximum Gasteiger partial charge on any atom is 0.101 e. The molecule has 1 aromatic rings. The van der Waals surface area contributed by atoms with Gasteiger partial charge in [-0.05, 0) is 49.5 Å². The standard InChI is InChI=1S/C12H14.C8H16N2O.ClH/c1-2-5-10(6-3-1)12-8-4-7-11(12)9-12;1-7(11)6-8-9-4-3-5-10(8)2;/h1-3,5-6,11H,4,7-9H2;7,11H,3-6H2,1-2H3;1H. The largest absolute Gasteiger partial charge is 0.393 e. The summed E-state index contributed by atoms with van der Waals surface area (Å²) in [4.78, 5) is 6.45. The van der Waals surface area contributed by atoms with Crippen molar-refractivity contribution >= 4 is 18.2 Å². The number of aliphatic hydroxyl groups is 1. The zero-order valence-corrected chi connectivity index (χ0v) is 15.8. The van der Waals surface area contributed by atoms with E-state index in [0.29, 0.717) is 11.8 Å². The molecule has 4 heteroatoms. The van der Waals surface area contributed by atoms with Crippen LogP contribution in [0.1, 0.15) is 51.0 Å². The number of aliphatic hydroxyl groups excluding tert-OH is 1. The van der Waals surface area contributed by atoms with Crippen LogP contribution in [0, 0.1) is 5.92 Å². The van der Waals surface area contributed by atoms with Crippen molar-refractivity contribution in [1.82, 2.24) is 4.90 Å². The van der Waals surface area contributed by atoms with Crippen LogP contribution in [-0.2, 0) is 5.41 Å². The van der Waals surface area contributed by atoms with Gasteiger partial charge in [-0.15, -0.1) is 12.4 Å². The average Bonchev–Trinajstić information content (AvgIpc) is 3.12. The molecule has 1 aromatic carbocycles. The Kier molecular flexibility index (Phi) is 6.70. The molecule has 0 amide bonds. The van der Waals surface area contributed by atoms with E-state index in [1.807, 2.05) is 7.05 Å². The number of nitrogens with zero attached hydrogens (tertiary/aromatic N) is 2. The molecule has 0 radical (unpaired) electrons.